The number of carbonyl (C=O) groups excluding carboxylic acids is 2. The molecule has 1 aromatic carbocycles. The van der Waals surface area contributed by atoms with Gasteiger partial charge in [-0.05, 0) is 31.5 Å². The van der Waals surface area contributed by atoms with Crippen molar-refractivity contribution in [3.8, 4) is 0 Å². The summed E-state index contributed by atoms with van der Waals surface area (Å²) in [4.78, 5) is 28.8. The lowest BCUT2D eigenvalue weighted by atomic mass is 10.1. The number of hydrogen-bond acceptors (Lipinski definition) is 3. The molecule has 0 aliphatic carbocycles. The molecule has 2 fully saturated rings. The number of carbonyl (C=O) groups is 2. The molecule has 2 amide bonds. The largest absolute Gasteiger partial charge is 0.341 e. The molecule has 0 radical (unpaired) electrons. The van der Waals surface area contributed by atoms with Crippen LogP contribution < -0.4 is 5.32 Å². The van der Waals surface area contributed by atoms with E-state index in [0.29, 0.717) is 13.1 Å². The Labute approximate surface area is 143 Å². The molecule has 2 aliphatic rings. The molecule has 23 heavy (non-hydrogen) atoms. The zero-order valence-electron chi connectivity index (χ0n) is 13.2. The molecular weight excluding hydrogens is 314 g/mol. The van der Waals surface area contributed by atoms with Crippen LogP contribution in [0.5, 0.6) is 0 Å². The molecule has 1 N–H and O–H groups in total. The lowest BCUT2D eigenvalue weighted by Crippen LogP contribution is -2.40. The fourth-order valence-corrected chi connectivity index (χ4v) is 3.23. The molecular formula is C17H24ClN3O2. The van der Waals surface area contributed by atoms with Gasteiger partial charge >= 0.3 is 0 Å². The van der Waals surface area contributed by atoms with Crippen molar-refractivity contribution in [2.75, 3.05) is 39.3 Å². The van der Waals surface area contributed by atoms with Crippen LogP contribution in [-0.2, 0) is 4.79 Å². The van der Waals surface area contributed by atoms with Crippen molar-refractivity contribution in [1.82, 2.24) is 15.1 Å². The van der Waals surface area contributed by atoms with Crippen LogP contribution in [0.2, 0.25) is 0 Å². The highest BCUT2D eigenvalue weighted by Gasteiger charge is 2.29. The number of hydrogen-bond donors (Lipinski definition) is 1. The van der Waals surface area contributed by atoms with Crippen LogP contribution in [0, 0.1) is 5.92 Å². The van der Waals surface area contributed by atoms with Crippen molar-refractivity contribution >= 4 is 24.2 Å². The van der Waals surface area contributed by atoms with Gasteiger partial charge < -0.3 is 15.1 Å². The lowest BCUT2D eigenvalue weighted by molar-refractivity contribution is -0.134. The predicted octanol–water partition coefficient (Wildman–Crippen LogP) is 1.39. The van der Waals surface area contributed by atoms with E-state index in [9.17, 15) is 9.59 Å². The van der Waals surface area contributed by atoms with Crippen molar-refractivity contribution in [2.24, 2.45) is 5.92 Å². The second-order valence-electron chi connectivity index (χ2n) is 6.03. The lowest BCUT2D eigenvalue weighted by Gasteiger charge is -2.24. The molecule has 6 heteroatoms. The van der Waals surface area contributed by atoms with E-state index in [1.165, 1.54) is 0 Å². The van der Waals surface area contributed by atoms with E-state index in [1.54, 1.807) is 0 Å². The third-order valence-corrected chi connectivity index (χ3v) is 4.53. The minimum atomic E-state index is 0. The number of nitrogens with one attached hydrogen (secondary N) is 1. The van der Waals surface area contributed by atoms with E-state index in [0.717, 1.165) is 44.6 Å². The average molecular weight is 338 g/mol. The Morgan fingerprint density at radius 1 is 1.00 bits per heavy atom. The first-order valence-corrected chi connectivity index (χ1v) is 8.09. The minimum absolute atomic E-state index is 0. The highest BCUT2D eigenvalue weighted by Crippen LogP contribution is 2.15. The van der Waals surface area contributed by atoms with Gasteiger partial charge in [-0.25, -0.2) is 0 Å². The van der Waals surface area contributed by atoms with Gasteiger partial charge in [0.25, 0.3) is 5.91 Å². The summed E-state index contributed by atoms with van der Waals surface area (Å²) in [5, 5.41) is 3.24. The van der Waals surface area contributed by atoms with Crippen LogP contribution in [-0.4, -0.2) is 60.9 Å². The zero-order chi connectivity index (χ0) is 15.4. The minimum Gasteiger partial charge on any atom is -0.341 e. The standard InChI is InChI=1S/C17H23N3O2.ClH/c21-16(14-5-2-1-3-6-14)19-9-4-10-20(12-11-19)17(22)15-7-8-18-13-15;/h1-3,5-6,15,18H,4,7-13H2;1H. The molecule has 2 heterocycles. The van der Waals surface area contributed by atoms with Gasteiger partial charge in [0, 0.05) is 38.3 Å². The van der Waals surface area contributed by atoms with Gasteiger partial charge in [-0.1, -0.05) is 18.2 Å². The van der Waals surface area contributed by atoms with Gasteiger partial charge in [0.2, 0.25) is 5.91 Å². The SMILES string of the molecule is Cl.O=C(c1ccccc1)N1CCCN(C(=O)C2CCNC2)CC1. The third-order valence-electron chi connectivity index (χ3n) is 4.53. The molecule has 1 atom stereocenters. The number of halogens is 1. The van der Waals surface area contributed by atoms with E-state index in [4.69, 9.17) is 0 Å². The Morgan fingerprint density at radius 3 is 2.39 bits per heavy atom. The van der Waals surface area contributed by atoms with Crippen LogP contribution in [0.25, 0.3) is 0 Å². The van der Waals surface area contributed by atoms with Crippen molar-refractivity contribution in [3.63, 3.8) is 0 Å². The monoisotopic (exact) mass is 337 g/mol. The quantitative estimate of drug-likeness (QED) is 0.887. The maximum absolute atomic E-state index is 12.5. The summed E-state index contributed by atoms with van der Waals surface area (Å²) in [6.45, 7) is 4.48. The Bertz CT molecular complexity index is 532. The van der Waals surface area contributed by atoms with Gasteiger partial charge in [0.15, 0.2) is 0 Å². The van der Waals surface area contributed by atoms with Gasteiger partial charge in [-0.3, -0.25) is 9.59 Å². The second kappa shape index (κ2) is 8.31. The molecule has 3 rings (SSSR count). The topological polar surface area (TPSA) is 52.7 Å². The van der Waals surface area contributed by atoms with E-state index < -0.39 is 0 Å². The molecule has 1 unspecified atom stereocenters. The first-order chi connectivity index (χ1) is 10.8. The fraction of sp³-hybridized carbons (Fsp3) is 0.529. The smallest absolute Gasteiger partial charge is 0.253 e. The molecule has 1 aromatic rings. The summed E-state index contributed by atoms with van der Waals surface area (Å²) in [5.41, 5.74) is 0.724. The maximum atomic E-state index is 12.5. The maximum Gasteiger partial charge on any atom is 0.253 e. The van der Waals surface area contributed by atoms with Gasteiger partial charge in [-0.2, -0.15) is 0 Å². The number of amides is 2. The second-order valence-corrected chi connectivity index (χ2v) is 6.03. The van der Waals surface area contributed by atoms with E-state index in [2.05, 4.69) is 5.32 Å². The van der Waals surface area contributed by atoms with Gasteiger partial charge in [-0.15, -0.1) is 12.4 Å². The van der Waals surface area contributed by atoms with E-state index in [-0.39, 0.29) is 30.1 Å². The van der Waals surface area contributed by atoms with Crippen LogP contribution in [0.3, 0.4) is 0 Å². The van der Waals surface area contributed by atoms with E-state index in [1.807, 2.05) is 40.1 Å². The van der Waals surface area contributed by atoms with Crippen LogP contribution >= 0.6 is 12.4 Å². The zero-order valence-corrected chi connectivity index (χ0v) is 14.1. The van der Waals surface area contributed by atoms with Crippen LogP contribution in [0.4, 0.5) is 0 Å². The summed E-state index contributed by atoms with van der Waals surface area (Å²) < 4.78 is 0. The molecule has 2 aliphatic heterocycles. The van der Waals surface area contributed by atoms with Crippen molar-refractivity contribution in [3.05, 3.63) is 35.9 Å². The highest BCUT2D eigenvalue weighted by atomic mass is 35.5. The molecule has 0 saturated carbocycles. The molecule has 0 bridgehead atoms. The Morgan fingerprint density at radius 2 is 1.70 bits per heavy atom. The molecule has 5 nitrogen and oxygen atoms in total. The Hall–Kier alpha value is -1.59. The van der Waals surface area contributed by atoms with Crippen LogP contribution in [0.15, 0.2) is 30.3 Å². The predicted molar refractivity (Wildman–Crippen MR) is 91.8 cm³/mol. The normalized spacial score (nSPS) is 21.5. The first-order valence-electron chi connectivity index (χ1n) is 8.09. The number of rotatable bonds is 2. The molecule has 0 spiro atoms. The highest BCUT2D eigenvalue weighted by molar-refractivity contribution is 5.94. The van der Waals surface area contributed by atoms with Crippen LogP contribution in [0.1, 0.15) is 23.2 Å². The molecule has 0 aromatic heterocycles. The summed E-state index contributed by atoms with van der Waals surface area (Å²) in [5.74, 6) is 0.438. The summed E-state index contributed by atoms with van der Waals surface area (Å²) in [6.07, 6.45) is 1.78. The molecule has 126 valence electrons. The van der Waals surface area contributed by atoms with E-state index >= 15 is 0 Å². The summed E-state index contributed by atoms with van der Waals surface area (Å²) in [6, 6.07) is 9.37. The van der Waals surface area contributed by atoms with Gasteiger partial charge in [0.05, 0.1) is 5.92 Å². The first kappa shape index (κ1) is 17.8. The molecule has 2 saturated heterocycles. The Kier molecular flexibility index (Phi) is 6.42. The van der Waals surface area contributed by atoms with Gasteiger partial charge in [0.1, 0.15) is 0 Å². The van der Waals surface area contributed by atoms with Crippen molar-refractivity contribution < 1.29 is 9.59 Å². The third kappa shape index (κ3) is 4.24. The van der Waals surface area contributed by atoms with Crippen molar-refractivity contribution in [1.29, 1.82) is 0 Å². The summed E-state index contributed by atoms with van der Waals surface area (Å²) >= 11 is 0. The number of benzene rings is 1. The average Bonchev–Trinajstić information content (AvgIpc) is 2.99. The Balaban J connectivity index is 0.00000192. The number of nitrogens with zero attached hydrogens (tertiary/aromatic N) is 2. The van der Waals surface area contributed by atoms with Crippen molar-refractivity contribution in [2.45, 2.75) is 12.8 Å². The summed E-state index contributed by atoms with van der Waals surface area (Å²) in [7, 11) is 0. The fourth-order valence-electron chi connectivity index (χ4n) is 3.23.